The molecule has 23 heavy (non-hydrogen) atoms. The minimum atomic E-state index is -4.40. The molecular formula is C16H13BrF3NO2. The van der Waals surface area contributed by atoms with Crippen LogP contribution in [0.4, 0.5) is 18.9 Å². The van der Waals surface area contributed by atoms with E-state index in [1.807, 2.05) is 0 Å². The van der Waals surface area contributed by atoms with Crippen molar-refractivity contribution >= 4 is 27.5 Å². The Bertz CT molecular complexity index is 669. The zero-order chi connectivity index (χ0) is 17.0. The summed E-state index contributed by atoms with van der Waals surface area (Å²) in [5.74, 6) is -0.205. The second kappa shape index (κ2) is 7.04. The molecule has 2 aromatic rings. The van der Waals surface area contributed by atoms with Gasteiger partial charge in [0.25, 0.3) is 5.91 Å². The number of anilines is 1. The van der Waals surface area contributed by atoms with Gasteiger partial charge in [-0.2, -0.15) is 13.2 Å². The van der Waals surface area contributed by atoms with Gasteiger partial charge in [-0.15, -0.1) is 0 Å². The minimum absolute atomic E-state index is 0.191. The quantitative estimate of drug-likeness (QED) is 0.812. The first-order chi connectivity index (χ1) is 10.8. The van der Waals surface area contributed by atoms with E-state index < -0.39 is 23.8 Å². The average Bonchev–Trinajstić information content (AvgIpc) is 2.49. The molecule has 0 spiro atoms. The van der Waals surface area contributed by atoms with Crippen molar-refractivity contribution in [3.8, 4) is 5.75 Å². The van der Waals surface area contributed by atoms with Gasteiger partial charge in [-0.1, -0.05) is 15.9 Å². The molecule has 7 heteroatoms. The highest BCUT2D eigenvalue weighted by Gasteiger charge is 2.30. The second-order valence-electron chi connectivity index (χ2n) is 4.78. The van der Waals surface area contributed by atoms with Crippen molar-refractivity contribution in [3.63, 3.8) is 0 Å². The summed E-state index contributed by atoms with van der Waals surface area (Å²) in [6.45, 7) is 1.52. The Labute approximate surface area is 139 Å². The largest absolute Gasteiger partial charge is 0.481 e. The van der Waals surface area contributed by atoms with Gasteiger partial charge in [0.15, 0.2) is 6.10 Å². The Kier molecular flexibility index (Phi) is 5.30. The lowest BCUT2D eigenvalue weighted by molar-refractivity contribution is -0.137. The highest BCUT2D eigenvalue weighted by molar-refractivity contribution is 9.10. The number of carbonyl (C=O) groups is 1. The van der Waals surface area contributed by atoms with E-state index in [1.165, 1.54) is 19.1 Å². The van der Waals surface area contributed by atoms with Gasteiger partial charge < -0.3 is 10.1 Å². The zero-order valence-electron chi connectivity index (χ0n) is 12.0. The van der Waals surface area contributed by atoms with Crippen molar-refractivity contribution in [2.24, 2.45) is 0 Å². The van der Waals surface area contributed by atoms with E-state index >= 15 is 0 Å². The molecule has 2 aromatic carbocycles. The van der Waals surface area contributed by atoms with Crippen molar-refractivity contribution in [2.45, 2.75) is 19.2 Å². The molecule has 1 amide bonds. The Morgan fingerprint density at radius 2 is 1.65 bits per heavy atom. The summed E-state index contributed by atoms with van der Waals surface area (Å²) in [5.41, 5.74) is -0.169. The molecule has 0 saturated heterocycles. The lowest BCUT2D eigenvalue weighted by Crippen LogP contribution is -2.30. The fourth-order valence-corrected chi connectivity index (χ4v) is 2.02. The van der Waals surface area contributed by atoms with Crippen molar-refractivity contribution < 1.29 is 22.7 Å². The molecule has 0 saturated carbocycles. The number of hydrogen-bond acceptors (Lipinski definition) is 2. The summed E-state index contributed by atoms with van der Waals surface area (Å²) in [4.78, 5) is 12.0. The van der Waals surface area contributed by atoms with Crippen LogP contribution in [0.3, 0.4) is 0 Å². The number of nitrogens with one attached hydrogen (secondary N) is 1. The number of rotatable bonds is 4. The molecular weight excluding hydrogens is 375 g/mol. The average molecular weight is 388 g/mol. The Morgan fingerprint density at radius 1 is 1.09 bits per heavy atom. The predicted molar refractivity (Wildman–Crippen MR) is 84.3 cm³/mol. The molecule has 2 rings (SSSR count). The van der Waals surface area contributed by atoms with Crippen LogP contribution in [0.1, 0.15) is 12.5 Å². The zero-order valence-corrected chi connectivity index (χ0v) is 13.6. The Morgan fingerprint density at radius 3 is 2.17 bits per heavy atom. The molecule has 1 atom stereocenters. The first-order valence-electron chi connectivity index (χ1n) is 6.66. The molecule has 0 fully saturated rings. The summed E-state index contributed by atoms with van der Waals surface area (Å²) in [6, 6.07) is 11.2. The van der Waals surface area contributed by atoms with Gasteiger partial charge in [0.2, 0.25) is 0 Å². The number of carbonyl (C=O) groups excluding carboxylic acids is 1. The van der Waals surface area contributed by atoms with Gasteiger partial charge >= 0.3 is 6.18 Å². The number of ether oxygens (including phenoxy) is 1. The van der Waals surface area contributed by atoms with Gasteiger partial charge in [0, 0.05) is 10.2 Å². The lowest BCUT2D eigenvalue weighted by atomic mass is 10.2. The number of hydrogen-bond donors (Lipinski definition) is 1. The molecule has 0 aliphatic carbocycles. The Balaban J connectivity index is 1.96. The van der Waals surface area contributed by atoms with Crippen molar-refractivity contribution in [1.82, 2.24) is 0 Å². The Hall–Kier alpha value is -2.02. The van der Waals surface area contributed by atoms with E-state index in [9.17, 15) is 18.0 Å². The van der Waals surface area contributed by atoms with Crippen LogP contribution in [-0.4, -0.2) is 12.0 Å². The molecule has 0 aliphatic heterocycles. The number of amides is 1. The van der Waals surface area contributed by atoms with Crippen LogP contribution in [-0.2, 0) is 11.0 Å². The first kappa shape index (κ1) is 17.3. The maximum Gasteiger partial charge on any atom is 0.416 e. The summed E-state index contributed by atoms with van der Waals surface area (Å²) in [5, 5.41) is 2.66. The van der Waals surface area contributed by atoms with Crippen LogP contribution in [0, 0.1) is 0 Å². The van der Waals surface area contributed by atoms with Crippen LogP contribution in [0.5, 0.6) is 5.75 Å². The molecule has 1 N–H and O–H groups in total. The topological polar surface area (TPSA) is 38.3 Å². The third-order valence-electron chi connectivity index (χ3n) is 2.98. The summed E-state index contributed by atoms with van der Waals surface area (Å²) in [6.07, 6.45) is -5.25. The summed E-state index contributed by atoms with van der Waals surface area (Å²) < 4.78 is 43.6. The maximum atomic E-state index is 12.5. The van der Waals surface area contributed by atoms with E-state index in [4.69, 9.17) is 4.74 Å². The molecule has 0 aromatic heterocycles. The second-order valence-corrected chi connectivity index (χ2v) is 5.69. The normalized spacial score (nSPS) is 12.6. The third-order valence-corrected chi connectivity index (χ3v) is 3.50. The van der Waals surface area contributed by atoms with Gasteiger partial charge in [0.05, 0.1) is 5.56 Å². The highest BCUT2D eigenvalue weighted by Crippen LogP contribution is 2.30. The fraction of sp³-hybridized carbons (Fsp3) is 0.188. The number of benzene rings is 2. The molecule has 0 radical (unpaired) electrons. The maximum absolute atomic E-state index is 12.5. The molecule has 3 nitrogen and oxygen atoms in total. The van der Waals surface area contributed by atoms with Crippen molar-refractivity contribution in [1.29, 1.82) is 0 Å². The van der Waals surface area contributed by atoms with Gasteiger partial charge in [-0.25, -0.2) is 0 Å². The van der Waals surface area contributed by atoms with Crippen LogP contribution < -0.4 is 10.1 Å². The number of halogens is 4. The van der Waals surface area contributed by atoms with E-state index in [0.29, 0.717) is 5.69 Å². The van der Waals surface area contributed by atoms with E-state index in [0.717, 1.165) is 16.6 Å². The van der Waals surface area contributed by atoms with Crippen LogP contribution >= 0.6 is 15.9 Å². The standard InChI is InChI=1S/C16H13BrF3NO2/c1-10(15(22)21-13-6-4-12(17)5-7-13)23-14-8-2-11(3-9-14)16(18,19)20/h2-10H,1H3,(H,21,22)/t10-/m0/s1. The van der Waals surface area contributed by atoms with Crippen molar-refractivity contribution in [2.75, 3.05) is 5.32 Å². The molecule has 0 bridgehead atoms. The van der Waals surface area contributed by atoms with Crippen LogP contribution in [0.15, 0.2) is 53.0 Å². The van der Waals surface area contributed by atoms with Gasteiger partial charge in [0.1, 0.15) is 5.75 Å². The first-order valence-corrected chi connectivity index (χ1v) is 7.45. The van der Waals surface area contributed by atoms with E-state index in [-0.39, 0.29) is 5.75 Å². The third kappa shape index (κ3) is 4.99. The molecule has 0 aliphatic rings. The number of alkyl halides is 3. The van der Waals surface area contributed by atoms with Crippen LogP contribution in [0.2, 0.25) is 0 Å². The van der Waals surface area contributed by atoms with Gasteiger partial charge in [-0.3, -0.25) is 4.79 Å². The molecule has 122 valence electrons. The minimum Gasteiger partial charge on any atom is -0.481 e. The monoisotopic (exact) mass is 387 g/mol. The summed E-state index contributed by atoms with van der Waals surface area (Å²) in [7, 11) is 0. The SMILES string of the molecule is C[C@H](Oc1ccc(C(F)(F)F)cc1)C(=O)Nc1ccc(Br)cc1. The molecule has 0 heterocycles. The smallest absolute Gasteiger partial charge is 0.416 e. The van der Waals surface area contributed by atoms with E-state index in [1.54, 1.807) is 24.3 Å². The molecule has 0 unspecified atom stereocenters. The van der Waals surface area contributed by atoms with Crippen molar-refractivity contribution in [3.05, 3.63) is 58.6 Å². The fourth-order valence-electron chi connectivity index (χ4n) is 1.76. The highest BCUT2D eigenvalue weighted by atomic mass is 79.9. The summed E-state index contributed by atoms with van der Waals surface area (Å²) >= 11 is 3.29. The predicted octanol–water partition coefficient (Wildman–Crippen LogP) is 4.87. The van der Waals surface area contributed by atoms with E-state index in [2.05, 4.69) is 21.2 Å². The van der Waals surface area contributed by atoms with Crippen LogP contribution in [0.25, 0.3) is 0 Å². The van der Waals surface area contributed by atoms with Gasteiger partial charge in [-0.05, 0) is 55.5 Å². The lowest BCUT2D eigenvalue weighted by Gasteiger charge is -2.15.